The maximum Gasteiger partial charge on any atom is 0.262 e. The van der Waals surface area contributed by atoms with Crippen LogP contribution >= 0.6 is 27.9 Å². The molecule has 1 nitrogen and oxygen atoms in total. The normalized spacial score (nSPS) is 20.7. The Morgan fingerprint density at radius 3 is 2.47 bits per heavy atom. The lowest BCUT2D eigenvalue weighted by Gasteiger charge is -2.13. The lowest BCUT2D eigenvalue weighted by Crippen LogP contribution is -2.19. The van der Waals surface area contributed by atoms with Gasteiger partial charge in [-0.3, -0.25) is 0 Å². The number of hydrogen-bond acceptors (Lipinski definition) is 2. The van der Waals surface area contributed by atoms with E-state index < -0.39 is 5.92 Å². The Bertz CT molecular complexity index is 342. The zero-order valence-electron chi connectivity index (χ0n) is 7.92. The highest BCUT2D eigenvalue weighted by atomic mass is 79.9. The minimum atomic E-state index is -2.51. The molecule has 0 unspecified atom stereocenters. The number of rotatable bonds is 2. The predicted octanol–water partition coefficient (Wildman–Crippen LogP) is 3.80. The van der Waals surface area contributed by atoms with Gasteiger partial charge in [-0.05, 0) is 36.2 Å². The van der Waals surface area contributed by atoms with Crippen LogP contribution in [0.15, 0.2) is 33.6 Å². The van der Waals surface area contributed by atoms with Crippen LogP contribution in [0.4, 0.5) is 8.78 Å². The molecular weight excluding hydrogens is 284 g/mol. The monoisotopic (exact) mass is 293 g/mol. The van der Waals surface area contributed by atoms with Crippen LogP contribution in [0.3, 0.4) is 0 Å². The van der Waals surface area contributed by atoms with Crippen LogP contribution in [-0.2, 0) is 0 Å². The van der Waals surface area contributed by atoms with E-state index in [-0.39, 0.29) is 13.0 Å². The van der Waals surface area contributed by atoms with Crippen LogP contribution in [0.25, 0.3) is 0 Å². The van der Waals surface area contributed by atoms with Crippen LogP contribution in [0.2, 0.25) is 0 Å². The summed E-state index contributed by atoms with van der Waals surface area (Å²) < 4.78 is 28.5. The summed E-state index contributed by atoms with van der Waals surface area (Å²) in [5.74, 6) is -2.51. The molecule has 1 aromatic rings. The molecule has 1 heterocycles. The maximum absolute atomic E-state index is 12.9. The van der Waals surface area contributed by atoms with Gasteiger partial charge >= 0.3 is 0 Å². The van der Waals surface area contributed by atoms with E-state index in [1.165, 1.54) is 11.9 Å². The van der Waals surface area contributed by atoms with E-state index in [1.807, 2.05) is 24.3 Å². The van der Waals surface area contributed by atoms with Crippen molar-refractivity contribution >= 4 is 27.9 Å². The minimum Gasteiger partial charge on any atom is -0.240 e. The summed E-state index contributed by atoms with van der Waals surface area (Å²) in [5.41, 5.74) is 0. The molecule has 0 bridgehead atoms. The highest BCUT2D eigenvalue weighted by Crippen LogP contribution is 2.34. The Morgan fingerprint density at radius 1 is 1.27 bits per heavy atom. The lowest BCUT2D eigenvalue weighted by molar-refractivity contribution is 0.0190. The van der Waals surface area contributed by atoms with Gasteiger partial charge in [0.15, 0.2) is 0 Å². The summed E-state index contributed by atoms with van der Waals surface area (Å²) in [6.07, 6.45) is -0.0312. The van der Waals surface area contributed by atoms with E-state index >= 15 is 0 Å². The molecule has 1 saturated heterocycles. The Labute approximate surface area is 100 Å². The Kier molecular flexibility index (Phi) is 3.33. The molecule has 0 aromatic heterocycles. The Balaban J connectivity index is 1.96. The fourth-order valence-corrected chi connectivity index (χ4v) is 2.68. The van der Waals surface area contributed by atoms with Crippen LogP contribution in [-0.4, -0.2) is 23.3 Å². The van der Waals surface area contributed by atoms with E-state index in [0.717, 1.165) is 9.37 Å². The molecule has 82 valence electrons. The van der Waals surface area contributed by atoms with Crippen LogP contribution in [0, 0.1) is 0 Å². The number of nitrogens with zero attached hydrogens (tertiary/aromatic N) is 1. The van der Waals surface area contributed by atoms with Crippen molar-refractivity contribution < 1.29 is 8.78 Å². The van der Waals surface area contributed by atoms with Gasteiger partial charge in [-0.25, -0.2) is 13.1 Å². The summed E-state index contributed by atoms with van der Waals surface area (Å²) in [4.78, 5) is 0.996. The lowest BCUT2D eigenvalue weighted by atomic mass is 10.3. The molecule has 0 atom stereocenters. The van der Waals surface area contributed by atoms with Gasteiger partial charge in [-0.1, -0.05) is 15.9 Å². The molecular formula is C10H10BrF2NS. The van der Waals surface area contributed by atoms with Crippen molar-refractivity contribution in [3.05, 3.63) is 28.7 Å². The van der Waals surface area contributed by atoms with Gasteiger partial charge in [0.2, 0.25) is 0 Å². The molecule has 0 N–H and O–H groups in total. The van der Waals surface area contributed by atoms with E-state index in [9.17, 15) is 8.78 Å². The van der Waals surface area contributed by atoms with Crippen LogP contribution in [0.5, 0.6) is 0 Å². The smallest absolute Gasteiger partial charge is 0.240 e. The largest absolute Gasteiger partial charge is 0.262 e. The second kappa shape index (κ2) is 4.39. The van der Waals surface area contributed by atoms with E-state index in [0.29, 0.717) is 6.54 Å². The molecule has 15 heavy (non-hydrogen) atoms. The predicted molar refractivity (Wildman–Crippen MR) is 61.1 cm³/mol. The highest BCUT2D eigenvalue weighted by Gasteiger charge is 2.38. The molecule has 1 aliphatic rings. The standard InChI is InChI=1S/C10H10BrF2NS/c11-8-1-3-9(4-2-8)15-14-6-5-10(12,13)7-14/h1-4H,5-7H2. The third-order valence-corrected chi connectivity index (χ3v) is 3.76. The molecule has 0 radical (unpaired) electrons. The van der Waals surface area contributed by atoms with Crippen molar-refractivity contribution in [1.82, 2.24) is 4.31 Å². The molecule has 1 aromatic carbocycles. The SMILES string of the molecule is FC1(F)CCN(Sc2ccc(Br)cc2)C1. The van der Waals surface area contributed by atoms with Gasteiger partial charge in [0.1, 0.15) is 0 Å². The summed E-state index contributed by atoms with van der Waals surface area (Å²) in [6.45, 7) is 0.307. The summed E-state index contributed by atoms with van der Waals surface area (Å²) in [5, 5.41) is 0. The topological polar surface area (TPSA) is 3.24 Å². The van der Waals surface area contributed by atoms with Crippen molar-refractivity contribution in [1.29, 1.82) is 0 Å². The van der Waals surface area contributed by atoms with Crippen LogP contribution in [0.1, 0.15) is 6.42 Å². The first-order valence-electron chi connectivity index (χ1n) is 4.61. The van der Waals surface area contributed by atoms with Crippen molar-refractivity contribution in [2.24, 2.45) is 0 Å². The van der Waals surface area contributed by atoms with Gasteiger partial charge in [-0.15, -0.1) is 0 Å². The molecule has 0 saturated carbocycles. The molecule has 0 amide bonds. The second-order valence-corrected chi connectivity index (χ2v) is 5.60. The minimum absolute atomic E-state index is 0.0312. The van der Waals surface area contributed by atoms with E-state index in [2.05, 4.69) is 15.9 Å². The number of halogens is 3. The quantitative estimate of drug-likeness (QED) is 0.763. The van der Waals surface area contributed by atoms with Gasteiger partial charge in [0, 0.05) is 22.3 Å². The van der Waals surface area contributed by atoms with E-state index in [4.69, 9.17) is 0 Å². The molecule has 0 aliphatic carbocycles. The molecule has 0 spiro atoms. The van der Waals surface area contributed by atoms with Gasteiger partial charge in [-0.2, -0.15) is 0 Å². The fraction of sp³-hybridized carbons (Fsp3) is 0.400. The number of alkyl halides is 2. The van der Waals surface area contributed by atoms with Crippen molar-refractivity contribution in [2.45, 2.75) is 17.2 Å². The average molecular weight is 294 g/mol. The molecule has 1 aliphatic heterocycles. The Hall–Kier alpha value is -0.130. The Morgan fingerprint density at radius 2 is 1.93 bits per heavy atom. The second-order valence-electron chi connectivity index (χ2n) is 3.51. The molecule has 2 rings (SSSR count). The van der Waals surface area contributed by atoms with E-state index in [1.54, 1.807) is 4.31 Å². The van der Waals surface area contributed by atoms with Gasteiger partial charge in [0.25, 0.3) is 5.92 Å². The van der Waals surface area contributed by atoms with Gasteiger partial charge < -0.3 is 0 Å². The maximum atomic E-state index is 12.9. The first kappa shape index (κ1) is 11.4. The average Bonchev–Trinajstić information content (AvgIpc) is 2.50. The van der Waals surface area contributed by atoms with Crippen molar-refractivity contribution in [3.63, 3.8) is 0 Å². The fourth-order valence-electron chi connectivity index (χ4n) is 1.43. The summed E-state index contributed by atoms with van der Waals surface area (Å²) in [6, 6.07) is 7.67. The molecule has 5 heteroatoms. The molecule has 1 fully saturated rings. The zero-order valence-corrected chi connectivity index (χ0v) is 10.3. The number of benzene rings is 1. The van der Waals surface area contributed by atoms with Crippen molar-refractivity contribution in [2.75, 3.05) is 13.1 Å². The zero-order chi connectivity index (χ0) is 10.9. The van der Waals surface area contributed by atoms with Crippen LogP contribution < -0.4 is 0 Å². The highest BCUT2D eigenvalue weighted by molar-refractivity contribution is 9.10. The first-order chi connectivity index (χ1) is 7.05. The first-order valence-corrected chi connectivity index (χ1v) is 6.18. The van der Waals surface area contributed by atoms with Crippen molar-refractivity contribution in [3.8, 4) is 0 Å². The third-order valence-electron chi connectivity index (χ3n) is 2.18. The number of hydrogen-bond donors (Lipinski definition) is 0. The summed E-state index contributed by atoms with van der Waals surface area (Å²) >= 11 is 4.73. The third kappa shape index (κ3) is 3.16. The van der Waals surface area contributed by atoms with Gasteiger partial charge in [0.05, 0.1) is 6.54 Å². The summed E-state index contributed by atoms with van der Waals surface area (Å²) in [7, 11) is 0.